The number of likely N-dealkylation sites (tertiary alicyclic amines) is 1. The molecule has 1 heterocycles. The summed E-state index contributed by atoms with van der Waals surface area (Å²) in [6.45, 7) is 1.33. The van der Waals surface area contributed by atoms with Crippen molar-refractivity contribution < 1.29 is 0 Å². The number of piperidine rings is 1. The molecule has 0 spiro atoms. The summed E-state index contributed by atoms with van der Waals surface area (Å²) in [5.74, 6) is 0. The van der Waals surface area contributed by atoms with E-state index < -0.39 is 0 Å². The smallest absolute Gasteiger partial charge is 0.0597 e. The summed E-state index contributed by atoms with van der Waals surface area (Å²) in [5.41, 5.74) is 0. The molecule has 1 saturated heterocycles. The van der Waals surface area contributed by atoms with Gasteiger partial charge in [-0.1, -0.05) is 12.8 Å². The molecule has 2 aliphatic rings. The van der Waals surface area contributed by atoms with E-state index in [9.17, 15) is 0 Å². The summed E-state index contributed by atoms with van der Waals surface area (Å²) in [7, 11) is 2.11. The van der Waals surface area contributed by atoms with Crippen molar-refractivity contribution in [3.05, 3.63) is 0 Å². The maximum atomic E-state index is 3.46. The van der Waals surface area contributed by atoms with Crippen LogP contribution in [0.2, 0.25) is 0 Å². The predicted octanol–water partition coefficient (Wildman–Crippen LogP) is 1.96. The summed E-state index contributed by atoms with van der Waals surface area (Å²) < 4.78 is 0. The topological polar surface area (TPSA) is 15.3 Å². The Labute approximate surface area is 81.7 Å². The summed E-state index contributed by atoms with van der Waals surface area (Å²) in [6.07, 6.45) is 10.7. The molecule has 0 aromatic heterocycles. The first-order chi connectivity index (χ1) is 6.42. The van der Waals surface area contributed by atoms with Crippen LogP contribution in [0.5, 0.6) is 0 Å². The Morgan fingerprint density at radius 2 is 1.69 bits per heavy atom. The highest BCUT2D eigenvalue weighted by Crippen LogP contribution is 2.28. The minimum absolute atomic E-state index is 0.678. The predicted molar refractivity (Wildman–Crippen MR) is 55.7 cm³/mol. The zero-order valence-corrected chi connectivity index (χ0v) is 8.76. The lowest BCUT2D eigenvalue weighted by Crippen LogP contribution is -2.51. The van der Waals surface area contributed by atoms with Gasteiger partial charge in [-0.25, -0.2) is 0 Å². The van der Waals surface area contributed by atoms with Gasteiger partial charge in [-0.3, -0.25) is 4.90 Å². The summed E-state index contributed by atoms with van der Waals surface area (Å²) in [6, 6.07) is 0.901. The van der Waals surface area contributed by atoms with Gasteiger partial charge >= 0.3 is 0 Å². The van der Waals surface area contributed by atoms with Crippen LogP contribution in [0, 0.1) is 0 Å². The third-order valence-corrected chi connectivity index (χ3v) is 3.67. The lowest BCUT2D eigenvalue weighted by Gasteiger charge is -2.39. The second-order valence-corrected chi connectivity index (χ2v) is 4.48. The van der Waals surface area contributed by atoms with Gasteiger partial charge in [0.1, 0.15) is 0 Å². The van der Waals surface area contributed by atoms with E-state index in [1.54, 1.807) is 0 Å². The molecule has 0 radical (unpaired) electrons. The molecule has 2 nitrogen and oxygen atoms in total. The van der Waals surface area contributed by atoms with Gasteiger partial charge in [0.05, 0.1) is 6.17 Å². The minimum atomic E-state index is 0.678. The fraction of sp³-hybridized carbons (Fsp3) is 1.00. The van der Waals surface area contributed by atoms with Crippen molar-refractivity contribution in [1.82, 2.24) is 10.2 Å². The van der Waals surface area contributed by atoms with Crippen LogP contribution < -0.4 is 5.32 Å². The van der Waals surface area contributed by atoms with Crippen LogP contribution in [-0.2, 0) is 0 Å². The molecule has 2 fully saturated rings. The molecule has 1 saturated carbocycles. The van der Waals surface area contributed by atoms with Crippen molar-refractivity contribution in [2.75, 3.05) is 13.6 Å². The molecular weight excluding hydrogens is 160 g/mol. The van der Waals surface area contributed by atoms with E-state index in [4.69, 9.17) is 0 Å². The first kappa shape index (κ1) is 9.47. The van der Waals surface area contributed by atoms with Crippen molar-refractivity contribution in [2.24, 2.45) is 0 Å². The van der Waals surface area contributed by atoms with E-state index in [1.165, 1.54) is 51.5 Å². The molecule has 1 atom stereocenters. The number of rotatable bonds is 2. The quantitative estimate of drug-likeness (QED) is 0.702. The highest BCUT2D eigenvalue weighted by atomic mass is 15.3. The van der Waals surface area contributed by atoms with Crippen LogP contribution in [0.4, 0.5) is 0 Å². The van der Waals surface area contributed by atoms with Gasteiger partial charge in [0.2, 0.25) is 0 Å². The molecule has 0 amide bonds. The molecule has 13 heavy (non-hydrogen) atoms. The summed E-state index contributed by atoms with van der Waals surface area (Å²) >= 11 is 0. The number of hydrogen-bond acceptors (Lipinski definition) is 2. The molecule has 0 aromatic rings. The van der Waals surface area contributed by atoms with Gasteiger partial charge < -0.3 is 5.32 Å². The van der Waals surface area contributed by atoms with Gasteiger partial charge in [0.15, 0.2) is 0 Å². The fourth-order valence-electron chi connectivity index (χ4n) is 2.94. The molecule has 76 valence electrons. The first-order valence-electron chi connectivity index (χ1n) is 5.85. The molecule has 2 rings (SSSR count). The normalized spacial score (nSPS) is 32.5. The molecule has 0 bridgehead atoms. The molecule has 0 aromatic carbocycles. The van der Waals surface area contributed by atoms with Crippen molar-refractivity contribution in [1.29, 1.82) is 0 Å². The van der Waals surface area contributed by atoms with Gasteiger partial charge in [-0.05, 0) is 45.7 Å². The number of hydrogen-bond donors (Lipinski definition) is 1. The van der Waals surface area contributed by atoms with E-state index in [0.717, 1.165) is 6.04 Å². The Hall–Kier alpha value is -0.0800. The van der Waals surface area contributed by atoms with E-state index in [0.29, 0.717) is 6.17 Å². The van der Waals surface area contributed by atoms with Crippen LogP contribution in [-0.4, -0.2) is 30.7 Å². The zero-order valence-electron chi connectivity index (χ0n) is 8.76. The lowest BCUT2D eigenvalue weighted by atomic mass is 10.0. The second kappa shape index (κ2) is 4.43. The third kappa shape index (κ3) is 2.05. The van der Waals surface area contributed by atoms with Crippen LogP contribution in [0.15, 0.2) is 0 Å². The monoisotopic (exact) mass is 182 g/mol. The summed E-state index contributed by atoms with van der Waals surface area (Å²) in [5, 5.41) is 3.46. The van der Waals surface area contributed by atoms with Gasteiger partial charge in [-0.15, -0.1) is 0 Å². The Morgan fingerprint density at radius 1 is 1.00 bits per heavy atom. The Bertz CT molecular complexity index is 150. The molecular formula is C11H22N2. The van der Waals surface area contributed by atoms with E-state index >= 15 is 0 Å². The first-order valence-corrected chi connectivity index (χ1v) is 5.85. The molecule has 1 aliphatic carbocycles. The van der Waals surface area contributed by atoms with E-state index in [2.05, 4.69) is 17.3 Å². The standard InChI is InChI=1S/C11H22N2/c1-12-11-8-4-5-9-13(11)10-6-2-3-7-10/h10-12H,2-9H2,1H3. The maximum Gasteiger partial charge on any atom is 0.0597 e. The molecule has 1 aliphatic heterocycles. The van der Waals surface area contributed by atoms with Crippen LogP contribution in [0.25, 0.3) is 0 Å². The third-order valence-electron chi connectivity index (χ3n) is 3.67. The largest absolute Gasteiger partial charge is 0.305 e. The maximum absolute atomic E-state index is 3.46. The van der Waals surface area contributed by atoms with Crippen molar-refractivity contribution in [3.63, 3.8) is 0 Å². The van der Waals surface area contributed by atoms with Crippen LogP contribution in [0.1, 0.15) is 44.9 Å². The minimum Gasteiger partial charge on any atom is -0.305 e. The summed E-state index contributed by atoms with van der Waals surface area (Å²) in [4.78, 5) is 2.72. The molecule has 1 N–H and O–H groups in total. The number of nitrogens with zero attached hydrogens (tertiary/aromatic N) is 1. The van der Waals surface area contributed by atoms with E-state index in [1.807, 2.05) is 0 Å². The Balaban J connectivity index is 1.93. The van der Waals surface area contributed by atoms with Crippen molar-refractivity contribution in [2.45, 2.75) is 57.2 Å². The molecule has 1 unspecified atom stereocenters. The van der Waals surface area contributed by atoms with Gasteiger partial charge in [-0.2, -0.15) is 0 Å². The SMILES string of the molecule is CNC1CCCCN1C1CCCC1. The van der Waals surface area contributed by atoms with E-state index in [-0.39, 0.29) is 0 Å². The second-order valence-electron chi connectivity index (χ2n) is 4.48. The lowest BCUT2D eigenvalue weighted by molar-refractivity contribution is 0.0804. The van der Waals surface area contributed by atoms with Crippen molar-refractivity contribution in [3.8, 4) is 0 Å². The van der Waals surface area contributed by atoms with Gasteiger partial charge in [0, 0.05) is 6.04 Å². The van der Waals surface area contributed by atoms with Gasteiger partial charge in [0.25, 0.3) is 0 Å². The Morgan fingerprint density at radius 3 is 2.38 bits per heavy atom. The Kier molecular flexibility index (Phi) is 3.23. The molecule has 2 heteroatoms. The van der Waals surface area contributed by atoms with Crippen LogP contribution in [0.3, 0.4) is 0 Å². The highest BCUT2D eigenvalue weighted by Gasteiger charge is 2.29. The average Bonchev–Trinajstić information content (AvgIpc) is 2.70. The highest BCUT2D eigenvalue weighted by molar-refractivity contribution is 4.83. The fourth-order valence-corrected chi connectivity index (χ4v) is 2.94. The zero-order chi connectivity index (χ0) is 9.10. The van der Waals surface area contributed by atoms with Crippen LogP contribution >= 0.6 is 0 Å². The van der Waals surface area contributed by atoms with Crippen molar-refractivity contribution >= 4 is 0 Å². The number of nitrogens with one attached hydrogen (secondary N) is 1. The average molecular weight is 182 g/mol.